The van der Waals surface area contributed by atoms with Crippen molar-refractivity contribution in [3.05, 3.63) is 51.8 Å². The molecule has 0 saturated heterocycles. The second-order valence-corrected chi connectivity index (χ2v) is 6.00. The van der Waals surface area contributed by atoms with E-state index in [0.29, 0.717) is 0 Å². The van der Waals surface area contributed by atoms with Crippen molar-refractivity contribution in [2.75, 3.05) is 0 Å². The molecule has 1 aromatic heterocycles. The average Bonchev–Trinajstić information content (AvgIpc) is 2.73. The van der Waals surface area contributed by atoms with Gasteiger partial charge in [0.1, 0.15) is 0 Å². The van der Waals surface area contributed by atoms with Gasteiger partial charge in [0.2, 0.25) is 0 Å². The average molecular weight is 306 g/mol. The number of nitrogens with zero attached hydrogens (tertiary/aromatic N) is 2. The fourth-order valence-electron chi connectivity index (χ4n) is 2.95. The highest BCUT2D eigenvalue weighted by Gasteiger charge is 2.18. The molecule has 2 atom stereocenters. The Morgan fingerprint density at radius 2 is 1.76 bits per heavy atom. The van der Waals surface area contributed by atoms with Gasteiger partial charge < -0.3 is 5.32 Å². The zero-order valence-electron chi connectivity index (χ0n) is 13.4. The molecule has 3 nitrogen and oxygen atoms in total. The van der Waals surface area contributed by atoms with Crippen LogP contribution in [-0.2, 0) is 6.54 Å². The van der Waals surface area contributed by atoms with Crippen LogP contribution < -0.4 is 5.32 Å². The lowest BCUT2D eigenvalue weighted by Gasteiger charge is -2.21. The van der Waals surface area contributed by atoms with Gasteiger partial charge in [0, 0.05) is 34.9 Å². The Kier molecular flexibility index (Phi) is 5.07. The molecule has 2 aromatic rings. The highest BCUT2D eigenvalue weighted by Crippen LogP contribution is 2.25. The van der Waals surface area contributed by atoms with Crippen LogP contribution >= 0.6 is 11.6 Å². The molecular formula is C17H24ClN3. The maximum absolute atomic E-state index is 5.95. The van der Waals surface area contributed by atoms with Gasteiger partial charge in [-0.15, -0.1) is 0 Å². The summed E-state index contributed by atoms with van der Waals surface area (Å²) in [6.45, 7) is 11.6. The molecule has 0 fully saturated rings. The molecule has 114 valence electrons. The lowest BCUT2D eigenvalue weighted by atomic mass is 10.0. The predicted octanol–water partition coefficient (Wildman–Crippen LogP) is 4.59. The number of nitrogens with one attached hydrogen (secondary N) is 1. The third-order valence-electron chi connectivity index (χ3n) is 4.04. The predicted molar refractivity (Wildman–Crippen MR) is 88.8 cm³/mol. The molecule has 1 aromatic carbocycles. The number of halogens is 1. The summed E-state index contributed by atoms with van der Waals surface area (Å²) >= 11 is 5.95. The monoisotopic (exact) mass is 305 g/mol. The van der Waals surface area contributed by atoms with E-state index in [4.69, 9.17) is 11.6 Å². The van der Waals surface area contributed by atoms with Gasteiger partial charge in [-0.2, -0.15) is 5.10 Å². The zero-order valence-corrected chi connectivity index (χ0v) is 14.2. The Bertz CT molecular complexity index is 601. The highest BCUT2D eigenvalue weighted by molar-refractivity contribution is 6.30. The van der Waals surface area contributed by atoms with E-state index in [2.05, 4.69) is 61.8 Å². The van der Waals surface area contributed by atoms with E-state index in [9.17, 15) is 0 Å². The van der Waals surface area contributed by atoms with Crippen LogP contribution in [0.4, 0.5) is 0 Å². The molecule has 2 rings (SSSR count). The molecule has 0 amide bonds. The standard InChI is InChI=1S/C17H24ClN3/c1-6-21-14(5)17(13(4)20-21)12(3)19-11(2)15-7-9-16(18)10-8-15/h7-12,19H,6H2,1-5H3. The largest absolute Gasteiger partial charge is 0.304 e. The molecule has 1 N–H and O–H groups in total. The number of benzene rings is 1. The van der Waals surface area contributed by atoms with Crippen molar-refractivity contribution < 1.29 is 0 Å². The van der Waals surface area contributed by atoms with Crippen molar-refractivity contribution in [2.45, 2.75) is 53.2 Å². The molecule has 0 radical (unpaired) electrons. The quantitative estimate of drug-likeness (QED) is 0.876. The normalized spacial score (nSPS) is 14.2. The number of aryl methyl sites for hydroxylation is 2. The van der Waals surface area contributed by atoms with Crippen molar-refractivity contribution in [1.29, 1.82) is 0 Å². The van der Waals surface area contributed by atoms with Crippen molar-refractivity contribution in [3.63, 3.8) is 0 Å². The van der Waals surface area contributed by atoms with Crippen LogP contribution in [0.1, 0.15) is 55.4 Å². The first-order valence-corrected chi connectivity index (χ1v) is 7.87. The molecule has 0 bridgehead atoms. The molecule has 0 aliphatic carbocycles. The topological polar surface area (TPSA) is 29.9 Å². The zero-order chi connectivity index (χ0) is 15.6. The van der Waals surface area contributed by atoms with Gasteiger partial charge in [-0.1, -0.05) is 23.7 Å². The fraction of sp³-hybridized carbons (Fsp3) is 0.471. The van der Waals surface area contributed by atoms with Gasteiger partial charge in [-0.25, -0.2) is 0 Å². The molecule has 0 aliphatic rings. The fourth-order valence-corrected chi connectivity index (χ4v) is 3.08. The Hall–Kier alpha value is -1.32. The van der Waals surface area contributed by atoms with Crippen LogP contribution in [0.2, 0.25) is 5.02 Å². The Labute approximate surface area is 132 Å². The number of hydrogen-bond donors (Lipinski definition) is 1. The van der Waals surface area contributed by atoms with Crippen LogP contribution in [0, 0.1) is 13.8 Å². The lowest BCUT2D eigenvalue weighted by molar-refractivity contribution is 0.491. The van der Waals surface area contributed by atoms with Crippen molar-refractivity contribution in [3.8, 4) is 0 Å². The number of hydrogen-bond acceptors (Lipinski definition) is 2. The van der Waals surface area contributed by atoms with Crippen LogP contribution in [0.3, 0.4) is 0 Å². The Balaban J connectivity index is 2.16. The van der Waals surface area contributed by atoms with Crippen molar-refractivity contribution in [1.82, 2.24) is 15.1 Å². The van der Waals surface area contributed by atoms with E-state index in [1.165, 1.54) is 16.8 Å². The van der Waals surface area contributed by atoms with Crippen molar-refractivity contribution >= 4 is 11.6 Å². The first kappa shape index (κ1) is 16.1. The summed E-state index contributed by atoms with van der Waals surface area (Å²) in [5.74, 6) is 0. The Morgan fingerprint density at radius 1 is 1.14 bits per heavy atom. The lowest BCUT2D eigenvalue weighted by Crippen LogP contribution is -2.23. The molecule has 21 heavy (non-hydrogen) atoms. The van der Waals surface area contributed by atoms with Crippen LogP contribution in [0.25, 0.3) is 0 Å². The minimum atomic E-state index is 0.260. The summed E-state index contributed by atoms with van der Waals surface area (Å²) in [6, 6.07) is 8.54. The van der Waals surface area contributed by atoms with Crippen molar-refractivity contribution in [2.24, 2.45) is 0 Å². The molecule has 0 saturated carbocycles. The van der Waals surface area contributed by atoms with Crippen LogP contribution in [0.15, 0.2) is 24.3 Å². The van der Waals surface area contributed by atoms with E-state index in [1.807, 2.05) is 12.1 Å². The first-order chi connectivity index (χ1) is 9.93. The van der Waals surface area contributed by atoms with Gasteiger partial charge >= 0.3 is 0 Å². The third kappa shape index (κ3) is 3.47. The molecule has 0 spiro atoms. The summed E-state index contributed by atoms with van der Waals surface area (Å²) in [5.41, 5.74) is 4.90. The second kappa shape index (κ2) is 6.63. The minimum absolute atomic E-state index is 0.260. The maximum atomic E-state index is 5.95. The molecule has 4 heteroatoms. The van der Waals surface area contributed by atoms with Gasteiger partial charge in [0.25, 0.3) is 0 Å². The van der Waals surface area contributed by atoms with Gasteiger partial charge in [-0.05, 0) is 52.3 Å². The Morgan fingerprint density at radius 3 is 2.29 bits per heavy atom. The van der Waals surface area contributed by atoms with Crippen LogP contribution in [0.5, 0.6) is 0 Å². The third-order valence-corrected chi connectivity index (χ3v) is 4.29. The van der Waals surface area contributed by atoms with E-state index < -0.39 is 0 Å². The summed E-state index contributed by atoms with van der Waals surface area (Å²) in [4.78, 5) is 0. The van der Waals surface area contributed by atoms with E-state index in [0.717, 1.165) is 17.3 Å². The molecular weight excluding hydrogens is 282 g/mol. The minimum Gasteiger partial charge on any atom is -0.304 e. The van der Waals surface area contributed by atoms with Gasteiger partial charge in [-0.3, -0.25) is 4.68 Å². The number of aromatic nitrogens is 2. The summed E-state index contributed by atoms with van der Waals surface area (Å²) in [6.07, 6.45) is 0. The SMILES string of the molecule is CCn1nc(C)c(C(C)NC(C)c2ccc(Cl)cc2)c1C. The second-order valence-electron chi connectivity index (χ2n) is 5.56. The summed E-state index contributed by atoms with van der Waals surface area (Å²) in [5, 5.41) is 9.03. The molecule has 1 heterocycles. The van der Waals surface area contributed by atoms with E-state index in [-0.39, 0.29) is 12.1 Å². The highest BCUT2D eigenvalue weighted by atomic mass is 35.5. The van der Waals surface area contributed by atoms with E-state index >= 15 is 0 Å². The smallest absolute Gasteiger partial charge is 0.0644 e. The van der Waals surface area contributed by atoms with Crippen LogP contribution in [-0.4, -0.2) is 9.78 Å². The van der Waals surface area contributed by atoms with Gasteiger partial charge in [0.05, 0.1) is 5.69 Å². The maximum Gasteiger partial charge on any atom is 0.0644 e. The first-order valence-electron chi connectivity index (χ1n) is 7.49. The molecule has 2 unspecified atom stereocenters. The summed E-state index contributed by atoms with van der Waals surface area (Å²) in [7, 11) is 0. The van der Waals surface area contributed by atoms with E-state index in [1.54, 1.807) is 0 Å². The van der Waals surface area contributed by atoms with Gasteiger partial charge in [0.15, 0.2) is 0 Å². The molecule has 0 aliphatic heterocycles. The summed E-state index contributed by atoms with van der Waals surface area (Å²) < 4.78 is 2.07. The number of rotatable bonds is 5.